The van der Waals surface area contributed by atoms with Gasteiger partial charge in [0.05, 0.1) is 12.0 Å². The number of hydrogen-bond acceptors (Lipinski definition) is 6. The first kappa shape index (κ1) is 18.4. The normalized spacial score (nSPS) is 12.7. The highest BCUT2D eigenvalue weighted by molar-refractivity contribution is 7.89. The second kappa shape index (κ2) is 8.69. The molecule has 1 atom stereocenters. The summed E-state index contributed by atoms with van der Waals surface area (Å²) in [6.07, 6.45) is 1.44. The lowest BCUT2D eigenvalue weighted by Gasteiger charge is -2.16. The molecule has 0 radical (unpaired) electrons. The molecule has 1 unspecified atom stereocenters. The largest absolute Gasteiger partial charge is 0.497 e. The highest BCUT2D eigenvalue weighted by Crippen LogP contribution is 2.16. The number of sulfonamides is 1. The lowest BCUT2D eigenvalue weighted by molar-refractivity contribution is -0.131. The van der Waals surface area contributed by atoms with Crippen LogP contribution in [0.15, 0.2) is 29.2 Å². The molecule has 1 rings (SSSR count). The third-order valence-corrected chi connectivity index (χ3v) is 4.53. The van der Waals surface area contributed by atoms with Crippen molar-refractivity contribution in [1.29, 1.82) is 0 Å². The fourth-order valence-electron chi connectivity index (χ4n) is 1.82. The Morgan fingerprint density at radius 3 is 2.45 bits per heavy atom. The summed E-state index contributed by atoms with van der Waals surface area (Å²) >= 11 is 0. The van der Waals surface area contributed by atoms with Gasteiger partial charge in [-0.3, -0.25) is 10.0 Å². The Balaban J connectivity index is 2.86. The summed E-state index contributed by atoms with van der Waals surface area (Å²) in [4.78, 5) is 11.6. The standard InChI is InChI=1S/C13H21N3O5S/c1-21-10-5-7-11(8-6-10)22(19,20)16-12(13(17)15-18)4-2-3-9-14/h5-8,12,16,18H,2-4,9,14H2,1H3,(H,15,17). The van der Waals surface area contributed by atoms with Crippen molar-refractivity contribution in [1.82, 2.24) is 10.2 Å². The molecule has 0 aromatic heterocycles. The maximum Gasteiger partial charge on any atom is 0.261 e. The van der Waals surface area contributed by atoms with Gasteiger partial charge in [-0.15, -0.1) is 0 Å². The number of nitrogens with one attached hydrogen (secondary N) is 2. The van der Waals surface area contributed by atoms with Crippen molar-refractivity contribution in [3.63, 3.8) is 0 Å². The Labute approximate surface area is 129 Å². The Bertz CT molecular complexity index is 574. The van der Waals surface area contributed by atoms with E-state index in [1.807, 2.05) is 0 Å². The summed E-state index contributed by atoms with van der Waals surface area (Å²) in [5.41, 5.74) is 6.84. The molecule has 0 bridgehead atoms. The highest BCUT2D eigenvalue weighted by atomic mass is 32.2. The predicted octanol–water partition coefficient (Wildman–Crippen LogP) is -0.0235. The molecule has 8 nitrogen and oxygen atoms in total. The minimum atomic E-state index is -3.89. The van der Waals surface area contributed by atoms with Gasteiger partial charge in [0.25, 0.3) is 5.91 Å². The number of carbonyl (C=O) groups excluding carboxylic acids is 1. The summed E-state index contributed by atoms with van der Waals surface area (Å²) < 4.78 is 31.7. The van der Waals surface area contributed by atoms with Crippen LogP contribution in [-0.4, -0.2) is 39.2 Å². The number of amides is 1. The molecule has 0 fully saturated rings. The van der Waals surface area contributed by atoms with Crippen molar-refractivity contribution in [2.24, 2.45) is 5.73 Å². The van der Waals surface area contributed by atoms with Crippen molar-refractivity contribution in [2.75, 3.05) is 13.7 Å². The van der Waals surface area contributed by atoms with Gasteiger partial charge in [0.2, 0.25) is 10.0 Å². The Morgan fingerprint density at radius 2 is 1.95 bits per heavy atom. The zero-order chi connectivity index (χ0) is 16.6. The maximum absolute atomic E-state index is 12.3. The van der Waals surface area contributed by atoms with Crippen LogP contribution in [-0.2, 0) is 14.8 Å². The molecule has 9 heteroatoms. The fraction of sp³-hybridized carbons (Fsp3) is 0.462. The molecule has 1 aromatic rings. The molecule has 0 saturated heterocycles. The van der Waals surface area contributed by atoms with E-state index in [0.29, 0.717) is 25.1 Å². The van der Waals surface area contributed by atoms with Crippen LogP contribution in [0.3, 0.4) is 0 Å². The molecule has 124 valence electrons. The van der Waals surface area contributed by atoms with Crippen molar-refractivity contribution >= 4 is 15.9 Å². The van der Waals surface area contributed by atoms with Crippen LogP contribution in [0, 0.1) is 0 Å². The average Bonchev–Trinajstić information content (AvgIpc) is 2.53. The van der Waals surface area contributed by atoms with Gasteiger partial charge in [-0.25, -0.2) is 13.9 Å². The molecule has 0 aliphatic heterocycles. The summed E-state index contributed by atoms with van der Waals surface area (Å²) in [6, 6.07) is 4.68. The Hall–Kier alpha value is -1.68. The first-order valence-corrected chi connectivity index (χ1v) is 8.23. The predicted molar refractivity (Wildman–Crippen MR) is 79.9 cm³/mol. The van der Waals surface area contributed by atoms with E-state index >= 15 is 0 Å². The van der Waals surface area contributed by atoms with Crippen LogP contribution >= 0.6 is 0 Å². The van der Waals surface area contributed by atoms with Crippen molar-refractivity contribution in [3.8, 4) is 5.75 Å². The first-order valence-electron chi connectivity index (χ1n) is 6.75. The minimum absolute atomic E-state index is 0.00265. The van der Waals surface area contributed by atoms with Gasteiger partial charge in [0.1, 0.15) is 11.8 Å². The van der Waals surface area contributed by atoms with Crippen LogP contribution in [0.25, 0.3) is 0 Å². The second-order valence-corrected chi connectivity index (χ2v) is 6.32. The second-order valence-electron chi connectivity index (χ2n) is 4.61. The third kappa shape index (κ3) is 5.26. The van der Waals surface area contributed by atoms with Gasteiger partial charge in [-0.05, 0) is 43.7 Å². The summed E-state index contributed by atoms with van der Waals surface area (Å²) in [6.45, 7) is 0.443. The topological polar surface area (TPSA) is 131 Å². The lowest BCUT2D eigenvalue weighted by Crippen LogP contribution is -2.45. The van der Waals surface area contributed by atoms with E-state index in [1.165, 1.54) is 36.9 Å². The van der Waals surface area contributed by atoms with Gasteiger partial charge in [0, 0.05) is 0 Å². The molecule has 0 saturated carbocycles. The monoisotopic (exact) mass is 331 g/mol. The third-order valence-electron chi connectivity index (χ3n) is 3.04. The number of nitrogens with two attached hydrogens (primary N) is 1. The average molecular weight is 331 g/mol. The van der Waals surface area contributed by atoms with Crippen LogP contribution in [0.5, 0.6) is 5.75 Å². The molecule has 1 amide bonds. The van der Waals surface area contributed by atoms with Crippen molar-refractivity contribution in [3.05, 3.63) is 24.3 Å². The minimum Gasteiger partial charge on any atom is -0.497 e. The highest BCUT2D eigenvalue weighted by Gasteiger charge is 2.25. The summed E-state index contributed by atoms with van der Waals surface area (Å²) in [5.74, 6) is -0.291. The van der Waals surface area contributed by atoms with E-state index in [1.54, 1.807) is 0 Å². The molecule has 0 heterocycles. The summed E-state index contributed by atoms with van der Waals surface area (Å²) in [7, 11) is -2.41. The molecular formula is C13H21N3O5S. The van der Waals surface area contributed by atoms with Crippen LogP contribution in [0.1, 0.15) is 19.3 Å². The van der Waals surface area contributed by atoms with E-state index in [0.717, 1.165) is 0 Å². The number of methoxy groups -OCH3 is 1. The molecule has 0 spiro atoms. The van der Waals surface area contributed by atoms with E-state index < -0.39 is 22.0 Å². The quantitative estimate of drug-likeness (QED) is 0.286. The molecule has 0 aliphatic carbocycles. The lowest BCUT2D eigenvalue weighted by atomic mass is 10.1. The number of hydroxylamine groups is 1. The number of unbranched alkanes of at least 4 members (excludes halogenated alkanes) is 1. The van der Waals surface area contributed by atoms with E-state index in [4.69, 9.17) is 15.7 Å². The Kier molecular flexibility index (Phi) is 7.25. The van der Waals surface area contributed by atoms with Crippen LogP contribution in [0.4, 0.5) is 0 Å². The summed E-state index contributed by atoms with van der Waals surface area (Å²) in [5, 5.41) is 8.72. The SMILES string of the molecule is COc1ccc(S(=O)(=O)NC(CCCCN)C(=O)NO)cc1. The first-order chi connectivity index (χ1) is 10.4. The Morgan fingerprint density at radius 1 is 1.32 bits per heavy atom. The zero-order valence-electron chi connectivity index (χ0n) is 12.3. The zero-order valence-corrected chi connectivity index (χ0v) is 13.1. The number of benzene rings is 1. The molecule has 22 heavy (non-hydrogen) atoms. The maximum atomic E-state index is 12.3. The molecule has 0 aliphatic rings. The molecule has 1 aromatic carbocycles. The number of ether oxygens (including phenoxy) is 1. The van der Waals surface area contributed by atoms with E-state index in [2.05, 4.69) is 4.72 Å². The number of hydrogen-bond donors (Lipinski definition) is 4. The molecular weight excluding hydrogens is 310 g/mol. The van der Waals surface area contributed by atoms with Gasteiger partial charge in [-0.2, -0.15) is 4.72 Å². The fourth-order valence-corrected chi connectivity index (χ4v) is 3.05. The number of rotatable bonds is 9. The smallest absolute Gasteiger partial charge is 0.261 e. The van der Waals surface area contributed by atoms with Crippen LogP contribution in [0.2, 0.25) is 0 Å². The van der Waals surface area contributed by atoms with Crippen molar-refractivity contribution < 1.29 is 23.2 Å². The van der Waals surface area contributed by atoms with Crippen molar-refractivity contribution in [2.45, 2.75) is 30.2 Å². The molecule has 5 N–H and O–H groups in total. The van der Waals surface area contributed by atoms with E-state index in [-0.39, 0.29) is 11.3 Å². The number of carbonyl (C=O) groups is 1. The van der Waals surface area contributed by atoms with Gasteiger partial charge >= 0.3 is 0 Å². The van der Waals surface area contributed by atoms with Gasteiger partial charge in [0.15, 0.2) is 0 Å². The van der Waals surface area contributed by atoms with Gasteiger partial charge in [-0.1, -0.05) is 6.42 Å². The van der Waals surface area contributed by atoms with Crippen LogP contribution < -0.4 is 20.7 Å². The van der Waals surface area contributed by atoms with Gasteiger partial charge < -0.3 is 10.5 Å². The van der Waals surface area contributed by atoms with E-state index in [9.17, 15) is 13.2 Å².